The van der Waals surface area contributed by atoms with Crippen LogP contribution in [0.15, 0.2) is 12.1 Å². The second-order valence-electron chi connectivity index (χ2n) is 3.91. The Balaban J connectivity index is 3.25. The van der Waals surface area contributed by atoms with Crippen LogP contribution in [0.25, 0.3) is 0 Å². The number of likely N-dealkylation sites (N-methyl/N-ethyl adjacent to an activating group) is 1. The molecular formula is C13H17NO4. The fourth-order valence-corrected chi connectivity index (χ4v) is 1.68. The highest BCUT2D eigenvalue weighted by Crippen LogP contribution is 2.34. The predicted molar refractivity (Wildman–Crippen MR) is 68.4 cm³/mol. The molecule has 0 fully saturated rings. The molecule has 5 heteroatoms. The molecule has 5 nitrogen and oxygen atoms in total. The second-order valence-corrected chi connectivity index (χ2v) is 3.91. The molecule has 1 rings (SSSR count). The van der Waals surface area contributed by atoms with E-state index in [-0.39, 0.29) is 0 Å². The van der Waals surface area contributed by atoms with Gasteiger partial charge in [-0.05, 0) is 18.6 Å². The monoisotopic (exact) mass is 251 g/mol. The summed E-state index contributed by atoms with van der Waals surface area (Å²) in [6, 6.07) is 3.44. The summed E-state index contributed by atoms with van der Waals surface area (Å²) in [7, 11) is 4.61. The van der Waals surface area contributed by atoms with Gasteiger partial charge in [-0.25, -0.2) is 0 Å². The average molecular weight is 251 g/mol. The number of ketones is 1. The third kappa shape index (κ3) is 2.61. The summed E-state index contributed by atoms with van der Waals surface area (Å²) in [5, 5.41) is 0. The van der Waals surface area contributed by atoms with Gasteiger partial charge in [-0.15, -0.1) is 0 Å². The summed E-state index contributed by atoms with van der Waals surface area (Å²) in [5.41, 5.74) is 1.44. The highest BCUT2D eigenvalue weighted by Gasteiger charge is 2.19. The van der Waals surface area contributed by atoms with Crippen LogP contribution in [0, 0.1) is 6.92 Å². The first-order chi connectivity index (χ1) is 8.42. The van der Waals surface area contributed by atoms with E-state index in [1.165, 1.54) is 18.9 Å². The second kappa shape index (κ2) is 5.53. The van der Waals surface area contributed by atoms with Gasteiger partial charge in [-0.3, -0.25) is 9.59 Å². The van der Waals surface area contributed by atoms with Gasteiger partial charge < -0.3 is 14.4 Å². The van der Waals surface area contributed by atoms with Crippen LogP contribution in [0.2, 0.25) is 0 Å². The van der Waals surface area contributed by atoms with Crippen molar-refractivity contribution in [2.75, 3.05) is 26.2 Å². The largest absolute Gasteiger partial charge is 0.493 e. The van der Waals surface area contributed by atoms with E-state index >= 15 is 0 Å². The highest BCUT2D eigenvalue weighted by molar-refractivity contribution is 6.40. The smallest absolute Gasteiger partial charge is 0.293 e. The molecule has 0 spiro atoms. The van der Waals surface area contributed by atoms with Gasteiger partial charge in [0.05, 0.1) is 19.9 Å². The van der Waals surface area contributed by atoms with E-state index in [9.17, 15) is 9.59 Å². The van der Waals surface area contributed by atoms with Crippen LogP contribution in [-0.4, -0.2) is 33.0 Å². The summed E-state index contributed by atoms with van der Waals surface area (Å²) >= 11 is 0. The third-order valence-electron chi connectivity index (χ3n) is 2.67. The molecule has 1 aromatic rings. The molecule has 1 amide bonds. The lowest BCUT2D eigenvalue weighted by Gasteiger charge is -2.20. The number of benzene rings is 1. The summed E-state index contributed by atoms with van der Waals surface area (Å²) in [6.45, 7) is 3.08. The number of nitrogens with zero attached hydrogens (tertiary/aromatic N) is 1. The first-order valence-electron chi connectivity index (χ1n) is 5.43. The van der Waals surface area contributed by atoms with Crippen molar-refractivity contribution in [2.24, 2.45) is 0 Å². The van der Waals surface area contributed by atoms with E-state index in [0.717, 1.165) is 5.56 Å². The molecule has 0 aromatic heterocycles. The number of carbonyl (C=O) groups excluding carboxylic acids is 2. The van der Waals surface area contributed by atoms with Crippen molar-refractivity contribution in [3.63, 3.8) is 0 Å². The molecule has 18 heavy (non-hydrogen) atoms. The maximum atomic E-state index is 11.7. The van der Waals surface area contributed by atoms with E-state index in [0.29, 0.717) is 17.2 Å². The lowest BCUT2D eigenvalue weighted by Crippen LogP contribution is -2.32. The zero-order chi connectivity index (χ0) is 13.9. The molecule has 0 aliphatic carbocycles. The van der Waals surface area contributed by atoms with Crippen molar-refractivity contribution in [2.45, 2.75) is 13.8 Å². The minimum Gasteiger partial charge on any atom is -0.493 e. The van der Waals surface area contributed by atoms with E-state index in [1.807, 2.05) is 6.92 Å². The van der Waals surface area contributed by atoms with Crippen LogP contribution >= 0.6 is 0 Å². The molecule has 0 radical (unpaired) electrons. The van der Waals surface area contributed by atoms with Gasteiger partial charge >= 0.3 is 0 Å². The quantitative estimate of drug-likeness (QED) is 0.762. The van der Waals surface area contributed by atoms with Gasteiger partial charge in [0, 0.05) is 20.0 Å². The van der Waals surface area contributed by atoms with Crippen molar-refractivity contribution >= 4 is 17.4 Å². The lowest BCUT2D eigenvalue weighted by molar-refractivity contribution is -0.134. The number of hydrogen-bond donors (Lipinski definition) is 0. The molecule has 0 saturated carbocycles. The molecular weight excluding hydrogens is 234 g/mol. The Morgan fingerprint density at radius 1 is 1.11 bits per heavy atom. The predicted octanol–water partition coefficient (Wildman–Crippen LogP) is 1.56. The maximum Gasteiger partial charge on any atom is 0.293 e. The number of aryl methyl sites for hydroxylation is 1. The molecule has 0 saturated heterocycles. The van der Waals surface area contributed by atoms with Crippen molar-refractivity contribution in [1.82, 2.24) is 0 Å². The number of rotatable bonds is 4. The van der Waals surface area contributed by atoms with Crippen molar-refractivity contribution in [1.29, 1.82) is 0 Å². The van der Waals surface area contributed by atoms with Gasteiger partial charge in [0.25, 0.3) is 5.91 Å². The van der Waals surface area contributed by atoms with Crippen LogP contribution < -0.4 is 14.4 Å². The summed E-state index contributed by atoms with van der Waals surface area (Å²) in [6.07, 6.45) is 0. The van der Waals surface area contributed by atoms with Crippen LogP contribution in [0.4, 0.5) is 5.69 Å². The lowest BCUT2D eigenvalue weighted by atomic mass is 10.1. The number of carbonyl (C=O) groups is 2. The number of Topliss-reactive ketones (excluding diaryl/α,β-unsaturated/α-hetero) is 1. The molecule has 0 aliphatic rings. The Kier molecular flexibility index (Phi) is 4.31. The minimum atomic E-state index is -0.565. The van der Waals surface area contributed by atoms with Gasteiger partial charge in [0.2, 0.25) is 5.78 Å². The van der Waals surface area contributed by atoms with Crippen LogP contribution in [0.5, 0.6) is 11.5 Å². The zero-order valence-corrected chi connectivity index (χ0v) is 11.2. The van der Waals surface area contributed by atoms with E-state index in [2.05, 4.69) is 0 Å². The third-order valence-corrected chi connectivity index (χ3v) is 2.67. The molecule has 0 heterocycles. The first-order valence-corrected chi connectivity index (χ1v) is 5.43. The average Bonchev–Trinajstić information content (AvgIpc) is 2.36. The Hall–Kier alpha value is -2.04. The fourth-order valence-electron chi connectivity index (χ4n) is 1.68. The molecule has 1 aromatic carbocycles. The molecule has 0 atom stereocenters. The summed E-state index contributed by atoms with van der Waals surface area (Å²) in [4.78, 5) is 24.1. The minimum absolute atomic E-state index is 0.508. The van der Waals surface area contributed by atoms with Gasteiger partial charge in [-0.2, -0.15) is 0 Å². The zero-order valence-electron chi connectivity index (χ0n) is 11.2. The highest BCUT2D eigenvalue weighted by atomic mass is 16.5. The van der Waals surface area contributed by atoms with E-state index < -0.39 is 11.7 Å². The molecule has 0 unspecified atom stereocenters. The Morgan fingerprint density at radius 2 is 1.61 bits per heavy atom. The fraction of sp³-hybridized carbons (Fsp3) is 0.385. The standard InChI is InChI=1S/C13H17NO4/c1-8-6-11(17-4)12(18-5)7-10(8)14(3)13(16)9(2)15/h6-7H,1-5H3. The van der Waals surface area contributed by atoms with E-state index in [4.69, 9.17) is 9.47 Å². The van der Waals surface area contributed by atoms with E-state index in [1.54, 1.807) is 26.3 Å². The summed E-state index contributed by atoms with van der Waals surface area (Å²) in [5.74, 6) is 0.0285. The van der Waals surface area contributed by atoms with Gasteiger partial charge in [0.1, 0.15) is 0 Å². The SMILES string of the molecule is COc1cc(C)c(N(C)C(=O)C(C)=O)cc1OC. The Bertz CT molecular complexity index is 482. The Labute approximate surface area is 106 Å². The normalized spacial score (nSPS) is 9.83. The van der Waals surface area contributed by atoms with Gasteiger partial charge in [0.15, 0.2) is 11.5 Å². The maximum absolute atomic E-state index is 11.7. The van der Waals surface area contributed by atoms with Crippen molar-refractivity contribution < 1.29 is 19.1 Å². The number of amides is 1. The molecule has 0 N–H and O–H groups in total. The van der Waals surface area contributed by atoms with Crippen LogP contribution in [0.1, 0.15) is 12.5 Å². The number of ether oxygens (including phenoxy) is 2. The van der Waals surface area contributed by atoms with Crippen molar-refractivity contribution in [3.8, 4) is 11.5 Å². The molecule has 0 aliphatic heterocycles. The number of methoxy groups -OCH3 is 2. The first kappa shape index (κ1) is 14.0. The van der Waals surface area contributed by atoms with Crippen LogP contribution in [0.3, 0.4) is 0 Å². The van der Waals surface area contributed by atoms with Gasteiger partial charge in [-0.1, -0.05) is 0 Å². The van der Waals surface area contributed by atoms with Crippen LogP contribution in [-0.2, 0) is 9.59 Å². The summed E-state index contributed by atoms with van der Waals surface area (Å²) < 4.78 is 10.3. The topological polar surface area (TPSA) is 55.8 Å². The molecule has 0 bridgehead atoms. The number of anilines is 1. The van der Waals surface area contributed by atoms with Crippen molar-refractivity contribution in [3.05, 3.63) is 17.7 Å². The number of hydrogen-bond acceptors (Lipinski definition) is 4. The Morgan fingerprint density at radius 3 is 2.06 bits per heavy atom. The molecule has 98 valence electrons.